The van der Waals surface area contributed by atoms with Crippen LogP contribution in [0.25, 0.3) is 6.08 Å². The van der Waals surface area contributed by atoms with Crippen molar-refractivity contribution in [1.29, 1.82) is 0 Å². The molecule has 21 heavy (non-hydrogen) atoms. The van der Waals surface area contributed by atoms with Crippen molar-refractivity contribution in [2.75, 3.05) is 13.1 Å². The topological polar surface area (TPSA) is 29.5 Å². The van der Waals surface area contributed by atoms with Crippen molar-refractivity contribution < 1.29 is 9.53 Å². The quantitative estimate of drug-likeness (QED) is 0.538. The van der Waals surface area contributed by atoms with Gasteiger partial charge >= 0.3 is 0 Å². The standard InChI is InChI=1S/C18H23NO2/c1-5-12-19(13-6-2)18(20)11-10-16-8-7-9-17(14-16)21-15(3)4/h5-11,14-15H,1-2,12-13H2,3-4H3/b11-10+. The molecule has 0 heterocycles. The van der Waals surface area contributed by atoms with Gasteiger partial charge in [-0.05, 0) is 37.6 Å². The monoisotopic (exact) mass is 285 g/mol. The molecule has 0 unspecified atom stereocenters. The first-order chi connectivity index (χ1) is 10.1. The Balaban J connectivity index is 2.76. The van der Waals surface area contributed by atoms with E-state index in [4.69, 9.17) is 4.74 Å². The van der Waals surface area contributed by atoms with E-state index in [0.29, 0.717) is 13.1 Å². The number of nitrogens with zero attached hydrogens (tertiary/aromatic N) is 1. The fourth-order valence-corrected chi connectivity index (χ4v) is 1.80. The van der Waals surface area contributed by atoms with E-state index < -0.39 is 0 Å². The largest absolute Gasteiger partial charge is 0.491 e. The molecule has 1 aromatic carbocycles. The number of carbonyl (C=O) groups is 1. The zero-order valence-electron chi connectivity index (χ0n) is 12.8. The average Bonchev–Trinajstić information content (AvgIpc) is 2.44. The Bertz CT molecular complexity index is 508. The summed E-state index contributed by atoms with van der Waals surface area (Å²) in [6.45, 7) is 12.3. The van der Waals surface area contributed by atoms with Crippen molar-refractivity contribution in [1.82, 2.24) is 4.90 Å². The van der Waals surface area contributed by atoms with Gasteiger partial charge in [0.15, 0.2) is 0 Å². The predicted molar refractivity (Wildman–Crippen MR) is 88.2 cm³/mol. The van der Waals surface area contributed by atoms with Crippen molar-refractivity contribution in [2.45, 2.75) is 20.0 Å². The number of carbonyl (C=O) groups excluding carboxylic acids is 1. The van der Waals surface area contributed by atoms with Crippen molar-refractivity contribution in [2.24, 2.45) is 0 Å². The van der Waals surface area contributed by atoms with Crippen molar-refractivity contribution in [3.8, 4) is 5.75 Å². The highest BCUT2D eigenvalue weighted by molar-refractivity contribution is 5.92. The molecule has 0 aliphatic heterocycles. The molecule has 3 heteroatoms. The van der Waals surface area contributed by atoms with Gasteiger partial charge in [0.25, 0.3) is 0 Å². The van der Waals surface area contributed by atoms with Gasteiger partial charge in [-0.25, -0.2) is 0 Å². The third kappa shape index (κ3) is 6.13. The summed E-state index contributed by atoms with van der Waals surface area (Å²) in [6, 6.07) is 7.66. The van der Waals surface area contributed by atoms with Gasteiger partial charge in [-0.1, -0.05) is 24.3 Å². The second-order valence-corrected chi connectivity index (χ2v) is 4.89. The fourth-order valence-electron chi connectivity index (χ4n) is 1.80. The Morgan fingerprint density at radius 1 is 1.29 bits per heavy atom. The number of benzene rings is 1. The smallest absolute Gasteiger partial charge is 0.247 e. The third-order valence-electron chi connectivity index (χ3n) is 2.66. The van der Waals surface area contributed by atoms with E-state index in [1.807, 2.05) is 38.1 Å². The lowest BCUT2D eigenvalue weighted by molar-refractivity contribution is -0.124. The van der Waals surface area contributed by atoms with E-state index in [2.05, 4.69) is 13.2 Å². The number of hydrogen-bond acceptors (Lipinski definition) is 2. The molecule has 1 aromatic rings. The van der Waals surface area contributed by atoms with Gasteiger partial charge in [0.1, 0.15) is 5.75 Å². The maximum atomic E-state index is 12.1. The van der Waals surface area contributed by atoms with Crippen LogP contribution in [0.1, 0.15) is 19.4 Å². The molecule has 0 saturated carbocycles. The van der Waals surface area contributed by atoms with Crippen LogP contribution >= 0.6 is 0 Å². The molecule has 0 bridgehead atoms. The van der Waals surface area contributed by atoms with E-state index in [1.165, 1.54) is 0 Å². The van der Waals surface area contributed by atoms with Crippen LogP contribution in [0.5, 0.6) is 5.75 Å². The minimum absolute atomic E-state index is 0.0648. The molecule has 0 radical (unpaired) electrons. The predicted octanol–water partition coefficient (Wildman–Crippen LogP) is 3.69. The minimum atomic E-state index is -0.0648. The van der Waals surface area contributed by atoms with E-state index in [0.717, 1.165) is 11.3 Å². The molecule has 0 spiro atoms. The number of rotatable bonds is 8. The van der Waals surface area contributed by atoms with Gasteiger partial charge in [0.05, 0.1) is 6.10 Å². The summed E-state index contributed by atoms with van der Waals surface area (Å²) in [7, 11) is 0. The molecule has 1 amide bonds. The maximum Gasteiger partial charge on any atom is 0.247 e. The van der Waals surface area contributed by atoms with Crippen LogP contribution in [0.4, 0.5) is 0 Å². The molecule has 3 nitrogen and oxygen atoms in total. The van der Waals surface area contributed by atoms with Crippen LogP contribution in [-0.4, -0.2) is 30.0 Å². The second kappa shape index (κ2) is 8.80. The highest BCUT2D eigenvalue weighted by Crippen LogP contribution is 2.16. The van der Waals surface area contributed by atoms with Crippen molar-refractivity contribution >= 4 is 12.0 Å². The summed E-state index contributed by atoms with van der Waals surface area (Å²) < 4.78 is 5.63. The Kier molecular flexibility index (Phi) is 7.02. The summed E-state index contributed by atoms with van der Waals surface area (Å²) in [6.07, 6.45) is 6.87. The van der Waals surface area contributed by atoms with Gasteiger partial charge in [-0.15, -0.1) is 13.2 Å². The van der Waals surface area contributed by atoms with E-state index in [-0.39, 0.29) is 12.0 Å². The van der Waals surface area contributed by atoms with Crippen molar-refractivity contribution in [3.05, 3.63) is 61.2 Å². The average molecular weight is 285 g/mol. The molecule has 1 rings (SSSR count). The van der Waals surface area contributed by atoms with Gasteiger partial charge < -0.3 is 9.64 Å². The number of hydrogen-bond donors (Lipinski definition) is 0. The molecular formula is C18H23NO2. The zero-order chi connectivity index (χ0) is 15.7. The zero-order valence-corrected chi connectivity index (χ0v) is 12.8. The highest BCUT2D eigenvalue weighted by atomic mass is 16.5. The molecule has 0 saturated heterocycles. The molecule has 0 atom stereocenters. The van der Waals surface area contributed by atoms with Gasteiger partial charge in [-0.2, -0.15) is 0 Å². The summed E-state index contributed by atoms with van der Waals surface area (Å²) in [4.78, 5) is 13.7. The lowest BCUT2D eigenvalue weighted by Crippen LogP contribution is -2.29. The van der Waals surface area contributed by atoms with E-state index in [1.54, 1.807) is 29.2 Å². The molecule has 112 valence electrons. The van der Waals surface area contributed by atoms with Gasteiger partial charge in [0, 0.05) is 19.2 Å². The Morgan fingerprint density at radius 2 is 1.95 bits per heavy atom. The third-order valence-corrected chi connectivity index (χ3v) is 2.66. The first kappa shape index (κ1) is 16.8. The second-order valence-electron chi connectivity index (χ2n) is 4.89. The highest BCUT2D eigenvalue weighted by Gasteiger charge is 2.06. The summed E-state index contributed by atoms with van der Waals surface area (Å²) in [5.74, 6) is 0.735. The lowest BCUT2D eigenvalue weighted by Gasteiger charge is -2.16. The number of ether oxygens (including phenoxy) is 1. The summed E-state index contributed by atoms with van der Waals surface area (Å²) >= 11 is 0. The maximum absolute atomic E-state index is 12.1. The van der Waals surface area contributed by atoms with Crippen LogP contribution in [0, 0.1) is 0 Å². The van der Waals surface area contributed by atoms with E-state index >= 15 is 0 Å². The molecule has 0 N–H and O–H groups in total. The van der Waals surface area contributed by atoms with E-state index in [9.17, 15) is 4.79 Å². The first-order valence-electron chi connectivity index (χ1n) is 7.02. The van der Waals surface area contributed by atoms with Crippen molar-refractivity contribution in [3.63, 3.8) is 0 Å². The summed E-state index contributed by atoms with van der Waals surface area (Å²) in [5.41, 5.74) is 0.929. The van der Waals surface area contributed by atoms with Gasteiger partial charge in [-0.3, -0.25) is 4.79 Å². The number of amides is 1. The molecule has 0 aliphatic rings. The summed E-state index contributed by atoms with van der Waals surface area (Å²) in [5, 5.41) is 0. The molecule has 0 aromatic heterocycles. The minimum Gasteiger partial charge on any atom is -0.491 e. The van der Waals surface area contributed by atoms with Crippen LogP contribution in [0.3, 0.4) is 0 Å². The molecule has 0 fully saturated rings. The van der Waals surface area contributed by atoms with Crippen LogP contribution < -0.4 is 4.74 Å². The Labute approximate surface area is 127 Å². The normalized spacial score (nSPS) is 10.6. The lowest BCUT2D eigenvalue weighted by atomic mass is 10.2. The Hall–Kier alpha value is -2.29. The van der Waals surface area contributed by atoms with Gasteiger partial charge in [0.2, 0.25) is 5.91 Å². The SMILES string of the molecule is C=CCN(CC=C)C(=O)/C=C/c1cccc(OC(C)C)c1. The fraction of sp³-hybridized carbons (Fsp3) is 0.278. The van der Waals surface area contributed by atoms with Crippen LogP contribution in [0.15, 0.2) is 55.7 Å². The molecular weight excluding hydrogens is 262 g/mol. The molecule has 0 aliphatic carbocycles. The first-order valence-corrected chi connectivity index (χ1v) is 7.02. The van der Waals surface area contributed by atoms with Crippen LogP contribution in [0.2, 0.25) is 0 Å². The Morgan fingerprint density at radius 3 is 2.52 bits per heavy atom. The van der Waals surface area contributed by atoms with Crippen LogP contribution in [-0.2, 0) is 4.79 Å².